The van der Waals surface area contributed by atoms with Crippen molar-refractivity contribution < 1.29 is 9.90 Å². The Bertz CT molecular complexity index is 882. The van der Waals surface area contributed by atoms with Crippen molar-refractivity contribution in [1.29, 1.82) is 0 Å². The van der Waals surface area contributed by atoms with Crippen molar-refractivity contribution in [2.45, 2.75) is 26.2 Å². The Morgan fingerprint density at radius 2 is 1.60 bits per heavy atom. The summed E-state index contributed by atoms with van der Waals surface area (Å²) in [5, 5.41) is 10.2. The minimum Gasteiger partial charge on any atom is -0.507 e. The maximum absolute atomic E-state index is 13.2. The number of aromatic hydroxyl groups is 1. The molecule has 0 aliphatic carbocycles. The molecule has 0 fully saturated rings. The van der Waals surface area contributed by atoms with Crippen molar-refractivity contribution in [3.8, 4) is 5.75 Å². The Morgan fingerprint density at radius 1 is 0.880 bits per heavy atom. The number of aryl methyl sites for hydroxylation is 2. The zero-order valence-corrected chi connectivity index (χ0v) is 14.6. The highest BCUT2D eigenvalue weighted by Gasteiger charge is 2.24. The molecule has 3 aromatic rings. The highest BCUT2D eigenvalue weighted by Crippen LogP contribution is 2.29. The van der Waals surface area contributed by atoms with Gasteiger partial charge in [0.2, 0.25) is 0 Å². The third-order valence-corrected chi connectivity index (χ3v) is 4.46. The molecule has 3 rings (SSSR count). The van der Waals surface area contributed by atoms with Crippen LogP contribution in [-0.2, 0) is 6.42 Å². The van der Waals surface area contributed by atoms with E-state index in [1.165, 1.54) is 5.56 Å². The van der Waals surface area contributed by atoms with Crippen molar-refractivity contribution in [1.82, 2.24) is 0 Å². The number of carbonyl (C=O) groups is 1. The SMILES string of the molecule is Cc1cccc(CC(C(=O)c2cc(C)ccc2O)c2ccccc2)c1. The van der Waals surface area contributed by atoms with Gasteiger partial charge in [0, 0.05) is 0 Å². The minimum atomic E-state index is -0.323. The number of carbonyl (C=O) groups excluding carboxylic acids is 1. The summed E-state index contributed by atoms with van der Waals surface area (Å²) in [6, 6.07) is 23.2. The van der Waals surface area contributed by atoms with Gasteiger partial charge in [-0.25, -0.2) is 0 Å². The van der Waals surface area contributed by atoms with E-state index in [1.807, 2.05) is 55.5 Å². The smallest absolute Gasteiger partial charge is 0.174 e. The normalized spacial score (nSPS) is 11.9. The number of ketones is 1. The molecule has 0 aliphatic heterocycles. The Morgan fingerprint density at radius 3 is 2.32 bits per heavy atom. The summed E-state index contributed by atoms with van der Waals surface area (Å²) in [5.41, 5.74) is 4.62. The molecule has 0 saturated heterocycles. The second kappa shape index (κ2) is 7.35. The zero-order valence-electron chi connectivity index (χ0n) is 14.6. The highest BCUT2D eigenvalue weighted by molar-refractivity contribution is 6.03. The van der Waals surface area contributed by atoms with E-state index in [1.54, 1.807) is 12.1 Å². The van der Waals surface area contributed by atoms with Gasteiger partial charge in [-0.05, 0) is 43.5 Å². The standard InChI is InChI=1S/C23H22O2/c1-16-7-6-8-18(13-16)15-20(19-9-4-3-5-10-19)23(25)21-14-17(2)11-12-22(21)24/h3-14,20,24H,15H2,1-2H3. The fraction of sp³-hybridized carbons (Fsp3) is 0.174. The van der Waals surface area contributed by atoms with Crippen molar-refractivity contribution in [2.24, 2.45) is 0 Å². The lowest BCUT2D eigenvalue weighted by Crippen LogP contribution is -2.16. The van der Waals surface area contributed by atoms with E-state index in [-0.39, 0.29) is 17.5 Å². The molecule has 3 aromatic carbocycles. The molecule has 0 amide bonds. The molecule has 0 heterocycles. The predicted molar refractivity (Wildman–Crippen MR) is 101 cm³/mol. The summed E-state index contributed by atoms with van der Waals surface area (Å²) in [4.78, 5) is 13.2. The quantitative estimate of drug-likeness (QED) is 0.651. The molecule has 2 heteroatoms. The highest BCUT2D eigenvalue weighted by atomic mass is 16.3. The topological polar surface area (TPSA) is 37.3 Å². The molecule has 0 spiro atoms. The van der Waals surface area contributed by atoms with Crippen LogP contribution in [0, 0.1) is 13.8 Å². The van der Waals surface area contributed by atoms with Crippen LogP contribution in [-0.4, -0.2) is 10.9 Å². The van der Waals surface area contributed by atoms with Gasteiger partial charge in [0.25, 0.3) is 0 Å². The largest absolute Gasteiger partial charge is 0.507 e. The van der Waals surface area contributed by atoms with Crippen LogP contribution in [0.15, 0.2) is 72.8 Å². The fourth-order valence-corrected chi connectivity index (χ4v) is 3.16. The van der Waals surface area contributed by atoms with Crippen molar-refractivity contribution in [3.05, 3.63) is 101 Å². The molecule has 25 heavy (non-hydrogen) atoms. The Hall–Kier alpha value is -2.87. The van der Waals surface area contributed by atoms with Gasteiger partial charge in [0.15, 0.2) is 5.78 Å². The van der Waals surface area contributed by atoms with Crippen LogP contribution in [0.4, 0.5) is 0 Å². The number of hydrogen-bond acceptors (Lipinski definition) is 2. The Balaban J connectivity index is 2.02. The van der Waals surface area contributed by atoms with Gasteiger partial charge in [0.1, 0.15) is 5.75 Å². The molecule has 126 valence electrons. The van der Waals surface area contributed by atoms with Crippen LogP contribution in [0.25, 0.3) is 0 Å². The molecular formula is C23H22O2. The van der Waals surface area contributed by atoms with E-state index in [0.29, 0.717) is 12.0 Å². The first-order valence-corrected chi connectivity index (χ1v) is 8.49. The van der Waals surface area contributed by atoms with E-state index in [0.717, 1.165) is 16.7 Å². The van der Waals surface area contributed by atoms with Crippen LogP contribution in [0.5, 0.6) is 5.75 Å². The second-order valence-corrected chi connectivity index (χ2v) is 6.54. The van der Waals surface area contributed by atoms with E-state index < -0.39 is 0 Å². The van der Waals surface area contributed by atoms with E-state index in [2.05, 4.69) is 19.1 Å². The number of hydrogen-bond donors (Lipinski definition) is 1. The van der Waals surface area contributed by atoms with Gasteiger partial charge < -0.3 is 5.11 Å². The van der Waals surface area contributed by atoms with Gasteiger partial charge in [-0.15, -0.1) is 0 Å². The van der Waals surface area contributed by atoms with E-state index in [9.17, 15) is 9.90 Å². The molecule has 1 atom stereocenters. The van der Waals surface area contributed by atoms with Gasteiger partial charge in [-0.1, -0.05) is 71.8 Å². The number of rotatable bonds is 5. The van der Waals surface area contributed by atoms with Crippen LogP contribution in [0.1, 0.15) is 38.5 Å². The fourth-order valence-electron chi connectivity index (χ4n) is 3.16. The molecule has 0 radical (unpaired) electrons. The average Bonchev–Trinajstić information content (AvgIpc) is 2.62. The first-order chi connectivity index (χ1) is 12.0. The second-order valence-electron chi connectivity index (χ2n) is 6.54. The van der Waals surface area contributed by atoms with Crippen molar-refractivity contribution in [3.63, 3.8) is 0 Å². The van der Waals surface area contributed by atoms with E-state index >= 15 is 0 Å². The first kappa shape index (κ1) is 17.0. The summed E-state index contributed by atoms with van der Waals surface area (Å²) in [6.45, 7) is 3.98. The lowest BCUT2D eigenvalue weighted by molar-refractivity contribution is 0.0956. The van der Waals surface area contributed by atoms with Gasteiger partial charge in [0.05, 0.1) is 11.5 Å². The monoisotopic (exact) mass is 330 g/mol. The van der Waals surface area contributed by atoms with Gasteiger partial charge >= 0.3 is 0 Å². The zero-order chi connectivity index (χ0) is 17.8. The molecule has 2 nitrogen and oxygen atoms in total. The number of phenols is 1. The average molecular weight is 330 g/mol. The van der Waals surface area contributed by atoms with Crippen LogP contribution in [0.2, 0.25) is 0 Å². The molecular weight excluding hydrogens is 308 g/mol. The van der Waals surface area contributed by atoms with Gasteiger partial charge in [-0.2, -0.15) is 0 Å². The predicted octanol–water partition coefficient (Wildman–Crippen LogP) is 5.22. The lowest BCUT2D eigenvalue weighted by Gasteiger charge is -2.18. The molecule has 0 bridgehead atoms. The summed E-state index contributed by atoms with van der Waals surface area (Å²) < 4.78 is 0. The van der Waals surface area contributed by atoms with Gasteiger partial charge in [-0.3, -0.25) is 4.79 Å². The van der Waals surface area contributed by atoms with Crippen molar-refractivity contribution >= 4 is 5.78 Å². The maximum Gasteiger partial charge on any atom is 0.174 e. The maximum atomic E-state index is 13.2. The third kappa shape index (κ3) is 3.97. The van der Waals surface area contributed by atoms with Crippen LogP contribution < -0.4 is 0 Å². The van der Waals surface area contributed by atoms with E-state index in [4.69, 9.17) is 0 Å². The number of Topliss-reactive ketones (excluding diaryl/α,β-unsaturated/α-hetero) is 1. The summed E-state index contributed by atoms with van der Waals surface area (Å²) in [5.74, 6) is -0.328. The molecule has 1 N–H and O–H groups in total. The summed E-state index contributed by atoms with van der Waals surface area (Å²) in [7, 11) is 0. The van der Waals surface area contributed by atoms with Crippen LogP contribution in [0.3, 0.4) is 0 Å². The number of benzene rings is 3. The molecule has 1 unspecified atom stereocenters. The van der Waals surface area contributed by atoms with Crippen molar-refractivity contribution in [2.75, 3.05) is 0 Å². The lowest BCUT2D eigenvalue weighted by atomic mass is 9.85. The molecule has 0 aromatic heterocycles. The minimum absolute atomic E-state index is 0.0424. The molecule has 0 saturated carbocycles. The number of phenolic OH excluding ortho intramolecular Hbond substituents is 1. The summed E-state index contributed by atoms with van der Waals surface area (Å²) >= 11 is 0. The Kier molecular flexibility index (Phi) is 4.99. The molecule has 0 aliphatic rings. The third-order valence-electron chi connectivity index (χ3n) is 4.46. The Labute approximate surface area is 148 Å². The van der Waals surface area contributed by atoms with Crippen LogP contribution >= 0.6 is 0 Å². The summed E-state index contributed by atoms with van der Waals surface area (Å²) in [6.07, 6.45) is 0.609. The first-order valence-electron chi connectivity index (χ1n) is 8.49.